The molecule has 2 N–H and O–H groups in total. The summed E-state index contributed by atoms with van der Waals surface area (Å²) in [4.78, 5) is 23.8. The molecule has 2 rings (SSSR count). The predicted molar refractivity (Wildman–Crippen MR) is 101 cm³/mol. The first-order chi connectivity index (χ1) is 14.1. The third-order valence-electron chi connectivity index (χ3n) is 3.72. The third kappa shape index (κ3) is 6.52. The third-order valence-corrected chi connectivity index (χ3v) is 3.72. The van der Waals surface area contributed by atoms with Crippen LogP contribution in [0.4, 0.5) is 24.5 Å². The van der Waals surface area contributed by atoms with Gasteiger partial charge in [-0.25, -0.2) is 4.68 Å². The van der Waals surface area contributed by atoms with Gasteiger partial charge in [0.25, 0.3) is 5.91 Å². The summed E-state index contributed by atoms with van der Waals surface area (Å²) < 4.78 is 51.2. The van der Waals surface area contributed by atoms with Gasteiger partial charge >= 0.3 is 6.18 Å². The number of ether oxygens (including phenoxy) is 2. The predicted octanol–water partition coefficient (Wildman–Crippen LogP) is 2.91. The number of anilines is 2. The van der Waals surface area contributed by atoms with Crippen LogP contribution in [-0.2, 0) is 27.0 Å². The van der Waals surface area contributed by atoms with E-state index in [1.807, 2.05) is 0 Å². The van der Waals surface area contributed by atoms with Crippen LogP contribution in [0.1, 0.15) is 36.8 Å². The first-order valence-electron chi connectivity index (χ1n) is 9.07. The number of nitrogens with zero attached hydrogens (tertiary/aromatic N) is 3. The van der Waals surface area contributed by atoms with Crippen LogP contribution >= 0.6 is 0 Å². The number of hydrogen-bond donors (Lipinski definition) is 2. The standard InChI is InChI=1S/C18H22F3N5O4/c1-4-29-16(30-5-2)10-26-9-15(24-25-26)17(28)23-14-8-12(18(19,20)21)6-7-13(14)22-11(3)27/h6-9,16H,4-5,10H2,1-3H3,(H,22,27)(H,23,28). The van der Waals surface area contributed by atoms with E-state index in [2.05, 4.69) is 20.9 Å². The fourth-order valence-electron chi connectivity index (χ4n) is 2.48. The highest BCUT2D eigenvalue weighted by atomic mass is 19.4. The van der Waals surface area contributed by atoms with Crippen molar-refractivity contribution in [1.82, 2.24) is 15.0 Å². The number of benzene rings is 1. The molecular formula is C18H22F3N5O4. The maximum Gasteiger partial charge on any atom is 0.416 e. The molecule has 0 radical (unpaired) electrons. The van der Waals surface area contributed by atoms with E-state index in [1.165, 1.54) is 17.8 Å². The quantitative estimate of drug-likeness (QED) is 0.594. The normalized spacial score (nSPS) is 11.6. The molecule has 1 aromatic heterocycles. The minimum atomic E-state index is -4.62. The molecule has 30 heavy (non-hydrogen) atoms. The number of carbonyl (C=O) groups is 2. The number of hydrogen-bond acceptors (Lipinski definition) is 6. The van der Waals surface area contributed by atoms with Gasteiger partial charge < -0.3 is 20.1 Å². The maximum absolute atomic E-state index is 13.0. The Morgan fingerprint density at radius 2 is 1.80 bits per heavy atom. The zero-order valence-corrected chi connectivity index (χ0v) is 16.6. The van der Waals surface area contributed by atoms with Crippen molar-refractivity contribution in [3.05, 3.63) is 35.7 Å². The highest BCUT2D eigenvalue weighted by Gasteiger charge is 2.31. The Balaban J connectivity index is 2.20. The Morgan fingerprint density at radius 3 is 2.37 bits per heavy atom. The average Bonchev–Trinajstić information content (AvgIpc) is 3.11. The molecule has 0 aliphatic heterocycles. The summed E-state index contributed by atoms with van der Waals surface area (Å²) in [5, 5.41) is 12.2. The summed E-state index contributed by atoms with van der Waals surface area (Å²) in [6.45, 7) is 5.79. The Hall–Kier alpha value is -2.99. The monoisotopic (exact) mass is 429 g/mol. The van der Waals surface area contributed by atoms with Gasteiger partial charge in [-0.05, 0) is 32.0 Å². The van der Waals surface area contributed by atoms with E-state index >= 15 is 0 Å². The molecular weight excluding hydrogens is 407 g/mol. The van der Waals surface area contributed by atoms with Crippen LogP contribution in [0, 0.1) is 0 Å². The molecule has 1 heterocycles. The van der Waals surface area contributed by atoms with E-state index in [4.69, 9.17) is 9.47 Å². The molecule has 0 aliphatic rings. The summed E-state index contributed by atoms with van der Waals surface area (Å²) in [6, 6.07) is 2.60. The minimum absolute atomic E-state index is 0.0176. The van der Waals surface area contributed by atoms with Crippen molar-refractivity contribution < 1.29 is 32.2 Å². The van der Waals surface area contributed by atoms with Crippen LogP contribution < -0.4 is 10.6 Å². The highest BCUT2D eigenvalue weighted by molar-refractivity contribution is 6.06. The Labute approximate surface area is 170 Å². The molecule has 2 amide bonds. The Kier molecular flexibility index (Phi) is 7.89. The second-order valence-electron chi connectivity index (χ2n) is 6.06. The highest BCUT2D eigenvalue weighted by Crippen LogP contribution is 2.34. The van der Waals surface area contributed by atoms with E-state index in [-0.39, 0.29) is 23.6 Å². The number of amides is 2. The zero-order valence-electron chi connectivity index (χ0n) is 16.6. The summed E-state index contributed by atoms with van der Waals surface area (Å²) in [5.41, 5.74) is -1.31. The molecule has 0 aliphatic carbocycles. The molecule has 0 saturated carbocycles. The number of aromatic nitrogens is 3. The largest absolute Gasteiger partial charge is 0.416 e. The first-order valence-corrected chi connectivity index (χ1v) is 9.07. The van der Waals surface area contributed by atoms with Gasteiger partial charge in [0.2, 0.25) is 5.91 Å². The summed E-state index contributed by atoms with van der Waals surface area (Å²) in [5.74, 6) is -1.30. The summed E-state index contributed by atoms with van der Waals surface area (Å²) >= 11 is 0. The van der Waals surface area contributed by atoms with Crippen molar-refractivity contribution in [1.29, 1.82) is 0 Å². The molecule has 0 fully saturated rings. The number of alkyl halides is 3. The first kappa shape index (κ1) is 23.3. The maximum atomic E-state index is 13.0. The van der Waals surface area contributed by atoms with Crippen molar-refractivity contribution in [2.75, 3.05) is 23.8 Å². The van der Waals surface area contributed by atoms with Crippen LogP contribution in [0.2, 0.25) is 0 Å². The molecule has 0 bridgehead atoms. The van der Waals surface area contributed by atoms with Gasteiger partial charge in [0.15, 0.2) is 12.0 Å². The van der Waals surface area contributed by atoms with Crippen LogP contribution in [0.5, 0.6) is 0 Å². The Bertz CT molecular complexity index is 879. The van der Waals surface area contributed by atoms with Gasteiger partial charge in [-0.3, -0.25) is 9.59 Å². The SMILES string of the molecule is CCOC(Cn1cc(C(=O)Nc2cc(C(F)(F)F)ccc2NC(C)=O)nn1)OCC. The number of halogens is 3. The summed E-state index contributed by atoms with van der Waals surface area (Å²) in [7, 11) is 0. The lowest BCUT2D eigenvalue weighted by Crippen LogP contribution is -2.24. The van der Waals surface area contributed by atoms with E-state index < -0.39 is 29.8 Å². The van der Waals surface area contributed by atoms with Gasteiger partial charge in [0.1, 0.15) is 0 Å². The van der Waals surface area contributed by atoms with Crippen molar-refractivity contribution in [2.24, 2.45) is 0 Å². The van der Waals surface area contributed by atoms with Crippen molar-refractivity contribution in [3.8, 4) is 0 Å². The second kappa shape index (κ2) is 10.2. The minimum Gasteiger partial charge on any atom is -0.351 e. The van der Waals surface area contributed by atoms with Gasteiger partial charge in [-0.15, -0.1) is 5.10 Å². The van der Waals surface area contributed by atoms with Crippen molar-refractivity contribution >= 4 is 23.2 Å². The van der Waals surface area contributed by atoms with E-state index in [0.29, 0.717) is 13.2 Å². The molecule has 1 aromatic carbocycles. The lowest BCUT2D eigenvalue weighted by molar-refractivity contribution is -0.145. The average molecular weight is 429 g/mol. The van der Waals surface area contributed by atoms with Crippen LogP contribution in [-0.4, -0.2) is 46.3 Å². The smallest absolute Gasteiger partial charge is 0.351 e. The van der Waals surface area contributed by atoms with Crippen molar-refractivity contribution in [2.45, 2.75) is 39.8 Å². The lowest BCUT2D eigenvalue weighted by atomic mass is 10.1. The lowest BCUT2D eigenvalue weighted by Gasteiger charge is -2.16. The molecule has 9 nitrogen and oxygen atoms in total. The molecule has 12 heteroatoms. The van der Waals surface area contributed by atoms with E-state index in [1.54, 1.807) is 13.8 Å². The zero-order chi connectivity index (χ0) is 22.3. The number of rotatable bonds is 9. The van der Waals surface area contributed by atoms with Gasteiger partial charge in [0, 0.05) is 20.1 Å². The van der Waals surface area contributed by atoms with Crippen LogP contribution in [0.3, 0.4) is 0 Å². The molecule has 2 aromatic rings. The van der Waals surface area contributed by atoms with E-state index in [0.717, 1.165) is 18.2 Å². The van der Waals surface area contributed by atoms with Gasteiger partial charge in [-0.1, -0.05) is 5.21 Å². The van der Waals surface area contributed by atoms with Crippen LogP contribution in [0.15, 0.2) is 24.4 Å². The summed E-state index contributed by atoms with van der Waals surface area (Å²) in [6.07, 6.45) is -3.90. The fourth-order valence-corrected chi connectivity index (χ4v) is 2.48. The molecule has 0 spiro atoms. The van der Waals surface area contributed by atoms with Crippen LogP contribution in [0.25, 0.3) is 0 Å². The molecule has 0 atom stereocenters. The molecule has 0 saturated heterocycles. The van der Waals surface area contributed by atoms with E-state index in [9.17, 15) is 22.8 Å². The molecule has 0 unspecified atom stereocenters. The van der Waals surface area contributed by atoms with Gasteiger partial charge in [0.05, 0.1) is 29.7 Å². The van der Waals surface area contributed by atoms with Crippen molar-refractivity contribution in [3.63, 3.8) is 0 Å². The van der Waals surface area contributed by atoms with Gasteiger partial charge in [-0.2, -0.15) is 13.2 Å². The molecule has 164 valence electrons. The second-order valence-corrected chi connectivity index (χ2v) is 6.06. The number of nitrogens with one attached hydrogen (secondary N) is 2. The number of carbonyl (C=O) groups excluding carboxylic acids is 2. The fraction of sp³-hybridized carbons (Fsp3) is 0.444. The Morgan fingerprint density at radius 1 is 1.13 bits per heavy atom. The topological polar surface area (TPSA) is 107 Å².